The van der Waals surface area contributed by atoms with Gasteiger partial charge in [-0.1, -0.05) is 13.0 Å². The van der Waals surface area contributed by atoms with Gasteiger partial charge in [-0.25, -0.2) is 24.3 Å². The highest BCUT2D eigenvalue weighted by Gasteiger charge is 2.21. The van der Waals surface area contributed by atoms with Crippen molar-refractivity contribution in [3.63, 3.8) is 0 Å². The van der Waals surface area contributed by atoms with Crippen LogP contribution < -0.4 is 16.0 Å². The number of halogens is 1. The summed E-state index contributed by atoms with van der Waals surface area (Å²) in [7, 11) is 1.51. The number of piperidine rings is 1. The summed E-state index contributed by atoms with van der Waals surface area (Å²) in [6, 6.07) is 6.64. The van der Waals surface area contributed by atoms with Crippen LogP contribution in [0, 0.1) is 5.82 Å². The summed E-state index contributed by atoms with van der Waals surface area (Å²) in [5.41, 5.74) is 2.94. The van der Waals surface area contributed by atoms with Crippen LogP contribution in [-0.4, -0.2) is 74.4 Å². The van der Waals surface area contributed by atoms with Crippen molar-refractivity contribution in [2.75, 3.05) is 37.3 Å². The zero-order valence-electron chi connectivity index (χ0n) is 23.2. The van der Waals surface area contributed by atoms with Crippen molar-refractivity contribution in [3.05, 3.63) is 66.1 Å². The Labute approximate surface area is 237 Å². The van der Waals surface area contributed by atoms with E-state index in [2.05, 4.69) is 40.9 Å². The van der Waals surface area contributed by atoms with Gasteiger partial charge >= 0.3 is 0 Å². The third kappa shape index (κ3) is 6.21. The van der Waals surface area contributed by atoms with Gasteiger partial charge in [0.05, 0.1) is 16.8 Å². The molecule has 0 saturated carbocycles. The lowest BCUT2D eigenvalue weighted by Crippen LogP contribution is -2.41. The summed E-state index contributed by atoms with van der Waals surface area (Å²) in [6.07, 6.45) is 8.13. The number of nitrogens with zero attached hydrogens (tertiary/aromatic N) is 6. The Morgan fingerprint density at radius 3 is 2.54 bits per heavy atom. The number of fused-ring (bicyclic) bond motifs is 1. The third-order valence-electron chi connectivity index (χ3n) is 7.35. The predicted molar refractivity (Wildman–Crippen MR) is 154 cm³/mol. The first-order valence-electron chi connectivity index (χ1n) is 13.5. The summed E-state index contributed by atoms with van der Waals surface area (Å²) in [5.74, 6) is 0.339. The van der Waals surface area contributed by atoms with Crippen LogP contribution >= 0.6 is 0 Å². The predicted octanol–water partition coefficient (Wildman–Crippen LogP) is 3.62. The molecule has 3 N–H and O–H groups in total. The largest absolute Gasteiger partial charge is 0.369 e. The third-order valence-corrected chi connectivity index (χ3v) is 7.35. The van der Waals surface area contributed by atoms with E-state index in [1.54, 1.807) is 25.4 Å². The second-order valence-corrected chi connectivity index (χ2v) is 10.1. The van der Waals surface area contributed by atoms with E-state index in [1.807, 2.05) is 17.9 Å². The monoisotopic (exact) mass is 557 g/mol. The van der Waals surface area contributed by atoms with Crippen LogP contribution in [-0.2, 0) is 4.79 Å². The number of nitrogens with one attached hydrogen (secondary N) is 3. The van der Waals surface area contributed by atoms with Crippen molar-refractivity contribution in [2.24, 2.45) is 0 Å². The minimum atomic E-state index is -0.488. The van der Waals surface area contributed by atoms with Gasteiger partial charge < -0.3 is 20.9 Å². The molecular weight excluding hydrogens is 525 g/mol. The van der Waals surface area contributed by atoms with Gasteiger partial charge in [-0.2, -0.15) is 0 Å². The Morgan fingerprint density at radius 1 is 1.07 bits per heavy atom. The Bertz CT molecular complexity index is 1560. The number of hydrogen-bond acceptors (Lipinski definition) is 9. The van der Waals surface area contributed by atoms with Crippen molar-refractivity contribution < 1.29 is 14.0 Å². The van der Waals surface area contributed by atoms with Gasteiger partial charge in [0.2, 0.25) is 11.9 Å². The molecule has 0 bridgehead atoms. The standard InChI is InChI=1S/C29H32FN9O2/c1-17(21-4-5-23(30)26-22(28(41)31-3)6-9-32-27(21)26)13-33-25-12-24(36-16-37-25)19-14-34-29(35-15-19)38-20-7-10-39(11-8-20)18(2)40/h4-6,9,12,14-17,20H,7-8,10-11,13H2,1-3H3,(H,31,41)(H,33,36,37)(H,34,35,38)/t17-/m1/s1. The summed E-state index contributed by atoms with van der Waals surface area (Å²) < 4.78 is 14.7. The summed E-state index contributed by atoms with van der Waals surface area (Å²) in [4.78, 5) is 47.7. The number of carbonyl (C=O) groups excluding carboxylic acids is 2. The van der Waals surface area contributed by atoms with Crippen LogP contribution in [0.2, 0.25) is 0 Å². The maximum Gasteiger partial charge on any atom is 0.251 e. The highest BCUT2D eigenvalue weighted by Crippen LogP contribution is 2.29. The van der Waals surface area contributed by atoms with E-state index in [0.29, 0.717) is 29.5 Å². The normalized spacial score (nSPS) is 14.5. The first-order valence-corrected chi connectivity index (χ1v) is 13.5. The molecule has 1 atom stereocenters. The quantitative estimate of drug-likeness (QED) is 0.297. The lowest BCUT2D eigenvalue weighted by atomic mass is 9.95. The number of benzene rings is 1. The molecule has 0 spiro atoms. The van der Waals surface area contributed by atoms with Crippen LogP contribution in [0.4, 0.5) is 16.2 Å². The average Bonchev–Trinajstić information content (AvgIpc) is 3.00. The number of anilines is 2. The molecule has 212 valence electrons. The maximum atomic E-state index is 14.7. The second-order valence-electron chi connectivity index (χ2n) is 10.1. The molecule has 41 heavy (non-hydrogen) atoms. The van der Waals surface area contributed by atoms with Crippen molar-refractivity contribution >= 4 is 34.5 Å². The van der Waals surface area contributed by atoms with Gasteiger partial charge in [-0.3, -0.25) is 14.6 Å². The van der Waals surface area contributed by atoms with Crippen LogP contribution in [0.3, 0.4) is 0 Å². The summed E-state index contributed by atoms with van der Waals surface area (Å²) in [6.45, 7) is 5.54. The van der Waals surface area contributed by atoms with Crippen LogP contribution in [0.15, 0.2) is 49.2 Å². The van der Waals surface area contributed by atoms with Crippen LogP contribution in [0.5, 0.6) is 0 Å². The molecule has 5 rings (SSSR count). The molecule has 1 fully saturated rings. The molecule has 2 amide bonds. The number of carbonyl (C=O) groups is 2. The topological polar surface area (TPSA) is 138 Å². The molecule has 4 heterocycles. The highest BCUT2D eigenvalue weighted by atomic mass is 19.1. The first-order chi connectivity index (χ1) is 19.8. The molecule has 11 nitrogen and oxygen atoms in total. The van der Waals surface area contributed by atoms with E-state index in [0.717, 1.165) is 37.1 Å². The van der Waals surface area contributed by atoms with E-state index < -0.39 is 5.82 Å². The van der Waals surface area contributed by atoms with Crippen LogP contribution in [0.25, 0.3) is 22.2 Å². The molecule has 1 saturated heterocycles. The summed E-state index contributed by atoms with van der Waals surface area (Å²) >= 11 is 0. The maximum absolute atomic E-state index is 14.7. The number of hydrogen-bond donors (Lipinski definition) is 3. The molecule has 0 unspecified atom stereocenters. The van der Waals surface area contributed by atoms with E-state index in [9.17, 15) is 14.0 Å². The smallest absolute Gasteiger partial charge is 0.251 e. The fourth-order valence-corrected chi connectivity index (χ4v) is 5.00. The summed E-state index contributed by atoms with van der Waals surface area (Å²) in [5, 5.41) is 9.44. The Kier molecular flexibility index (Phi) is 8.27. The lowest BCUT2D eigenvalue weighted by molar-refractivity contribution is -0.129. The van der Waals surface area contributed by atoms with Crippen molar-refractivity contribution in [2.45, 2.75) is 38.6 Å². The highest BCUT2D eigenvalue weighted by molar-refractivity contribution is 6.06. The molecule has 12 heteroatoms. The van der Waals surface area contributed by atoms with Crippen molar-refractivity contribution in [1.82, 2.24) is 35.1 Å². The Morgan fingerprint density at radius 2 is 1.83 bits per heavy atom. The minimum absolute atomic E-state index is 0.0695. The van der Waals surface area contributed by atoms with Gasteiger partial charge in [-0.05, 0) is 30.5 Å². The number of amides is 2. The molecular formula is C29H32FN9O2. The fraction of sp³-hybridized carbons (Fsp3) is 0.345. The van der Waals surface area contributed by atoms with Gasteiger partial charge in [0.25, 0.3) is 5.91 Å². The van der Waals surface area contributed by atoms with E-state index in [-0.39, 0.29) is 34.7 Å². The number of pyridine rings is 1. The van der Waals surface area contributed by atoms with Gasteiger partial charge in [0.1, 0.15) is 18.0 Å². The van der Waals surface area contributed by atoms with E-state index in [1.165, 1.54) is 31.7 Å². The van der Waals surface area contributed by atoms with Crippen molar-refractivity contribution in [1.29, 1.82) is 0 Å². The van der Waals surface area contributed by atoms with Gasteiger partial charge in [-0.15, -0.1) is 0 Å². The molecule has 0 aliphatic carbocycles. The lowest BCUT2D eigenvalue weighted by Gasteiger charge is -2.31. The molecule has 0 radical (unpaired) electrons. The van der Waals surface area contributed by atoms with E-state index >= 15 is 0 Å². The Hall–Kier alpha value is -4.74. The number of rotatable bonds is 8. The van der Waals surface area contributed by atoms with Gasteiger partial charge in [0, 0.05) is 81.2 Å². The zero-order chi connectivity index (χ0) is 28.9. The number of likely N-dealkylation sites (tertiary alicyclic amines) is 1. The molecule has 3 aromatic heterocycles. The molecule has 1 aliphatic rings. The Balaban J connectivity index is 1.24. The number of aromatic nitrogens is 5. The SMILES string of the molecule is CNC(=O)c1ccnc2c([C@H](C)CNc3cc(-c4cnc(NC5CCN(C(C)=O)CC5)nc4)ncn3)ccc(F)c12. The molecule has 4 aromatic rings. The van der Waals surface area contributed by atoms with Crippen molar-refractivity contribution in [3.8, 4) is 11.3 Å². The second kappa shape index (κ2) is 12.2. The molecule has 1 aliphatic heterocycles. The van der Waals surface area contributed by atoms with Gasteiger partial charge in [0.15, 0.2) is 0 Å². The zero-order valence-corrected chi connectivity index (χ0v) is 23.2. The molecule has 1 aromatic carbocycles. The minimum Gasteiger partial charge on any atom is -0.369 e. The van der Waals surface area contributed by atoms with E-state index in [4.69, 9.17) is 0 Å². The first kappa shape index (κ1) is 27.8. The van der Waals surface area contributed by atoms with Crippen LogP contribution in [0.1, 0.15) is 48.5 Å². The average molecular weight is 558 g/mol. The fourth-order valence-electron chi connectivity index (χ4n) is 5.00.